The van der Waals surface area contributed by atoms with Gasteiger partial charge in [0, 0.05) is 32.4 Å². The van der Waals surface area contributed by atoms with E-state index in [0.29, 0.717) is 5.41 Å². The Morgan fingerprint density at radius 3 is 2.65 bits per heavy atom. The smallest absolute Gasteiger partial charge is 0.191 e. The zero-order chi connectivity index (χ0) is 15.8. The molecule has 0 aromatic carbocycles. The molecule has 6 heteroatoms. The van der Waals surface area contributed by atoms with E-state index in [4.69, 9.17) is 4.99 Å². The normalized spacial score (nSPS) is 16.4. The van der Waals surface area contributed by atoms with Crippen molar-refractivity contribution in [1.82, 2.24) is 20.4 Å². The van der Waals surface area contributed by atoms with Gasteiger partial charge in [0.2, 0.25) is 0 Å². The van der Waals surface area contributed by atoms with Gasteiger partial charge in [0.1, 0.15) is 0 Å². The first-order valence-electron chi connectivity index (χ1n) is 8.69. The predicted molar refractivity (Wildman–Crippen MR) is 108 cm³/mol. The summed E-state index contributed by atoms with van der Waals surface area (Å²) in [6, 6.07) is 0. The molecule has 0 amide bonds. The molecule has 23 heavy (non-hydrogen) atoms. The molecule has 0 unspecified atom stereocenters. The van der Waals surface area contributed by atoms with Crippen molar-refractivity contribution in [3.63, 3.8) is 0 Å². The van der Waals surface area contributed by atoms with E-state index in [1.165, 1.54) is 31.2 Å². The van der Waals surface area contributed by atoms with Crippen LogP contribution in [0.4, 0.5) is 0 Å². The summed E-state index contributed by atoms with van der Waals surface area (Å²) in [5.74, 6) is 0.957. The number of halogens is 1. The van der Waals surface area contributed by atoms with E-state index < -0.39 is 0 Å². The van der Waals surface area contributed by atoms with Gasteiger partial charge in [0.05, 0.1) is 6.20 Å². The molecule has 2 N–H and O–H groups in total. The quantitative estimate of drug-likeness (QED) is 0.286. The number of nitrogens with one attached hydrogen (secondary N) is 2. The second kappa shape index (κ2) is 10.2. The van der Waals surface area contributed by atoms with Crippen LogP contribution in [0.1, 0.15) is 51.5 Å². The molecule has 2 rings (SSSR count). The summed E-state index contributed by atoms with van der Waals surface area (Å²) in [4.78, 5) is 4.80. The molecule has 1 fully saturated rings. The van der Waals surface area contributed by atoms with Crippen LogP contribution in [0.25, 0.3) is 0 Å². The topological polar surface area (TPSA) is 54.2 Å². The van der Waals surface area contributed by atoms with Crippen molar-refractivity contribution >= 4 is 29.9 Å². The third-order valence-electron chi connectivity index (χ3n) is 4.70. The second-order valence-corrected chi connectivity index (χ2v) is 6.46. The fraction of sp³-hybridized carbons (Fsp3) is 0.765. The maximum atomic E-state index is 4.80. The molecule has 1 aromatic heterocycles. The zero-order valence-corrected chi connectivity index (χ0v) is 17.1. The van der Waals surface area contributed by atoms with Crippen LogP contribution in [0.2, 0.25) is 0 Å². The third kappa shape index (κ3) is 6.31. The van der Waals surface area contributed by atoms with Gasteiger partial charge >= 0.3 is 0 Å². The van der Waals surface area contributed by atoms with E-state index in [-0.39, 0.29) is 24.0 Å². The lowest BCUT2D eigenvalue weighted by Crippen LogP contribution is -2.40. The molecule has 132 valence electrons. The SMILES string of the molecule is CCNC(=NCC1(CC)CCC1)NCCCn1cc(C)cn1.I. The monoisotopic (exact) mass is 433 g/mol. The maximum absolute atomic E-state index is 4.80. The summed E-state index contributed by atoms with van der Waals surface area (Å²) in [7, 11) is 0. The highest BCUT2D eigenvalue weighted by molar-refractivity contribution is 14.0. The molecule has 1 heterocycles. The summed E-state index contributed by atoms with van der Waals surface area (Å²) >= 11 is 0. The minimum atomic E-state index is 0. The van der Waals surface area contributed by atoms with Crippen LogP contribution >= 0.6 is 24.0 Å². The summed E-state index contributed by atoms with van der Waals surface area (Å²) in [5, 5.41) is 11.1. The van der Waals surface area contributed by atoms with Crippen LogP contribution < -0.4 is 10.6 Å². The van der Waals surface area contributed by atoms with Gasteiger partial charge in [-0.15, -0.1) is 24.0 Å². The number of hydrogen-bond acceptors (Lipinski definition) is 2. The molecule has 0 saturated heterocycles. The molecule has 0 radical (unpaired) electrons. The third-order valence-corrected chi connectivity index (χ3v) is 4.70. The Balaban J connectivity index is 0.00000264. The standard InChI is InChI=1S/C17H31N5.HI/c1-4-17(8-6-9-17)14-20-16(18-5-2)19-10-7-11-22-13-15(3)12-21-22;/h12-13H,4-11,14H2,1-3H3,(H2,18,19,20);1H. The Bertz CT molecular complexity index is 474. The minimum absolute atomic E-state index is 0. The van der Waals surface area contributed by atoms with Crippen molar-refractivity contribution in [2.75, 3.05) is 19.6 Å². The highest BCUT2D eigenvalue weighted by Crippen LogP contribution is 2.43. The molecular formula is C17H32IN5. The lowest BCUT2D eigenvalue weighted by Gasteiger charge is -2.40. The van der Waals surface area contributed by atoms with Crippen LogP contribution in [-0.2, 0) is 6.54 Å². The summed E-state index contributed by atoms with van der Waals surface area (Å²) in [6.07, 6.45) is 10.3. The van der Waals surface area contributed by atoms with Gasteiger partial charge in [-0.05, 0) is 50.5 Å². The predicted octanol–water partition coefficient (Wildman–Crippen LogP) is 3.34. The molecular weight excluding hydrogens is 401 g/mol. The van der Waals surface area contributed by atoms with E-state index in [9.17, 15) is 0 Å². The van der Waals surface area contributed by atoms with Crippen LogP contribution in [0.15, 0.2) is 17.4 Å². The second-order valence-electron chi connectivity index (χ2n) is 6.46. The number of rotatable bonds is 8. The Hall–Kier alpha value is -0.790. The molecule has 0 aliphatic heterocycles. The van der Waals surface area contributed by atoms with Gasteiger partial charge in [-0.3, -0.25) is 9.67 Å². The average Bonchev–Trinajstić information content (AvgIpc) is 2.88. The van der Waals surface area contributed by atoms with E-state index in [0.717, 1.165) is 38.6 Å². The fourth-order valence-corrected chi connectivity index (χ4v) is 2.93. The highest BCUT2D eigenvalue weighted by Gasteiger charge is 2.34. The number of hydrogen-bond donors (Lipinski definition) is 2. The number of nitrogens with zero attached hydrogens (tertiary/aromatic N) is 3. The Labute approximate surface area is 157 Å². The Morgan fingerprint density at radius 1 is 1.35 bits per heavy atom. The number of guanidine groups is 1. The van der Waals surface area contributed by atoms with Crippen molar-refractivity contribution in [2.24, 2.45) is 10.4 Å². The first kappa shape index (κ1) is 20.3. The van der Waals surface area contributed by atoms with Gasteiger partial charge in [0.15, 0.2) is 5.96 Å². The zero-order valence-electron chi connectivity index (χ0n) is 14.8. The van der Waals surface area contributed by atoms with Gasteiger partial charge in [-0.1, -0.05) is 13.3 Å². The molecule has 0 spiro atoms. The first-order valence-corrected chi connectivity index (χ1v) is 8.69. The molecule has 1 saturated carbocycles. The van der Waals surface area contributed by atoms with Gasteiger partial charge < -0.3 is 10.6 Å². The van der Waals surface area contributed by atoms with Crippen LogP contribution in [-0.4, -0.2) is 35.4 Å². The number of aliphatic imine (C=N–C) groups is 1. The van der Waals surface area contributed by atoms with Gasteiger partial charge in [-0.2, -0.15) is 5.10 Å². The van der Waals surface area contributed by atoms with Crippen molar-refractivity contribution in [2.45, 2.75) is 59.4 Å². The molecule has 1 aliphatic carbocycles. The van der Waals surface area contributed by atoms with Crippen LogP contribution in [0, 0.1) is 12.3 Å². The molecule has 1 aliphatic rings. The highest BCUT2D eigenvalue weighted by atomic mass is 127. The summed E-state index contributed by atoms with van der Waals surface area (Å²) < 4.78 is 2.00. The van der Waals surface area contributed by atoms with Crippen LogP contribution in [0.5, 0.6) is 0 Å². The van der Waals surface area contributed by atoms with Gasteiger partial charge in [-0.25, -0.2) is 0 Å². The van der Waals surface area contributed by atoms with Crippen molar-refractivity contribution in [1.29, 1.82) is 0 Å². The van der Waals surface area contributed by atoms with E-state index in [2.05, 4.69) is 42.7 Å². The Morgan fingerprint density at radius 2 is 2.13 bits per heavy atom. The van der Waals surface area contributed by atoms with Crippen molar-refractivity contribution in [3.05, 3.63) is 18.0 Å². The van der Waals surface area contributed by atoms with E-state index in [1.807, 2.05) is 10.9 Å². The van der Waals surface area contributed by atoms with Crippen molar-refractivity contribution in [3.8, 4) is 0 Å². The number of aryl methyl sites for hydroxylation is 2. The van der Waals surface area contributed by atoms with Gasteiger partial charge in [0.25, 0.3) is 0 Å². The molecule has 1 aromatic rings. The minimum Gasteiger partial charge on any atom is -0.357 e. The van der Waals surface area contributed by atoms with E-state index >= 15 is 0 Å². The first-order chi connectivity index (χ1) is 10.7. The molecule has 0 bridgehead atoms. The summed E-state index contributed by atoms with van der Waals surface area (Å²) in [5.41, 5.74) is 1.70. The van der Waals surface area contributed by atoms with Crippen LogP contribution in [0.3, 0.4) is 0 Å². The lowest BCUT2D eigenvalue weighted by atomic mass is 9.67. The molecule has 5 nitrogen and oxygen atoms in total. The van der Waals surface area contributed by atoms with Crippen molar-refractivity contribution < 1.29 is 0 Å². The Kier molecular flexibility index (Phi) is 8.94. The molecule has 0 atom stereocenters. The largest absolute Gasteiger partial charge is 0.357 e. The van der Waals surface area contributed by atoms with E-state index in [1.54, 1.807) is 0 Å². The number of aromatic nitrogens is 2. The maximum Gasteiger partial charge on any atom is 0.191 e. The lowest BCUT2D eigenvalue weighted by molar-refractivity contribution is 0.139. The summed E-state index contributed by atoms with van der Waals surface area (Å²) in [6.45, 7) is 10.2. The average molecular weight is 433 g/mol. The fourth-order valence-electron chi connectivity index (χ4n) is 2.93.